The maximum Gasteiger partial charge on any atom is 0.132 e. The summed E-state index contributed by atoms with van der Waals surface area (Å²) in [6.07, 6.45) is 1.87. The van der Waals surface area contributed by atoms with Crippen LogP contribution in [0, 0.1) is 0 Å². The quantitative estimate of drug-likeness (QED) is 0.204. The van der Waals surface area contributed by atoms with Crippen molar-refractivity contribution in [2.45, 2.75) is 24.7 Å². The lowest BCUT2D eigenvalue weighted by molar-refractivity contribution is 0.425. The van der Waals surface area contributed by atoms with Crippen LogP contribution in [-0.2, 0) is 10.8 Å². The predicted octanol–water partition coefficient (Wildman–Crippen LogP) is 10.7. The number of hydrogen-bond donors (Lipinski definition) is 0. The van der Waals surface area contributed by atoms with Gasteiger partial charge in [-0.05, 0) is 63.2 Å². The SMILES string of the molecule is CC1(C)c2ccccc2C2(c3ccccc3Oc3cc(-c4cccc(-c5cccc6cccnc56)c4)ccc32)c2ccccc21. The zero-order valence-corrected chi connectivity index (χ0v) is 25.3. The number of para-hydroxylation sites is 2. The van der Waals surface area contributed by atoms with Gasteiger partial charge in [0.05, 0.1) is 10.9 Å². The number of ether oxygens (including phenoxy) is 1. The van der Waals surface area contributed by atoms with Crippen molar-refractivity contribution in [3.63, 3.8) is 0 Å². The van der Waals surface area contributed by atoms with Crippen LogP contribution in [0.15, 0.2) is 152 Å². The van der Waals surface area contributed by atoms with Crippen LogP contribution in [0.5, 0.6) is 11.5 Å². The molecular weight excluding hydrogens is 546 g/mol. The largest absolute Gasteiger partial charge is 0.457 e. The Morgan fingerprint density at radius 2 is 1.07 bits per heavy atom. The molecule has 2 heterocycles. The monoisotopic (exact) mass is 577 g/mol. The van der Waals surface area contributed by atoms with Gasteiger partial charge in [-0.15, -0.1) is 0 Å². The van der Waals surface area contributed by atoms with Crippen LogP contribution in [-0.4, -0.2) is 4.98 Å². The van der Waals surface area contributed by atoms with E-state index in [9.17, 15) is 0 Å². The van der Waals surface area contributed by atoms with Gasteiger partial charge in [-0.1, -0.05) is 135 Å². The maximum atomic E-state index is 6.81. The summed E-state index contributed by atoms with van der Waals surface area (Å²) < 4.78 is 6.81. The average molecular weight is 578 g/mol. The minimum Gasteiger partial charge on any atom is -0.457 e. The molecule has 0 unspecified atom stereocenters. The summed E-state index contributed by atoms with van der Waals surface area (Å²) in [5.41, 5.74) is 12.6. The zero-order valence-electron chi connectivity index (χ0n) is 25.3. The number of nitrogens with zero attached hydrogens (tertiary/aromatic N) is 1. The molecule has 0 atom stereocenters. The highest BCUT2D eigenvalue weighted by Crippen LogP contribution is 2.61. The molecule has 0 N–H and O–H groups in total. The molecule has 1 spiro atoms. The molecule has 1 aromatic heterocycles. The van der Waals surface area contributed by atoms with Crippen LogP contribution in [0.2, 0.25) is 0 Å². The van der Waals surface area contributed by atoms with E-state index in [1.807, 2.05) is 12.3 Å². The Balaban J connectivity index is 1.28. The second-order valence-electron chi connectivity index (χ2n) is 12.7. The highest BCUT2D eigenvalue weighted by Gasteiger charge is 2.52. The molecule has 45 heavy (non-hydrogen) atoms. The maximum absolute atomic E-state index is 6.81. The standard InChI is InChI=1S/C43H31NO/c1-42(2)33-17-3-5-19-35(33)43(36-20-6-4-18-34(36)42)37-21-7-8-22-39(37)45-40-27-30(23-24-38(40)43)29-13-9-14-31(26-29)32-16-10-12-28-15-11-25-44-41(28)32/h3-27H,1-2H3. The summed E-state index contributed by atoms with van der Waals surface area (Å²) in [4.78, 5) is 4.71. The molecule has 214 valence electrons. The molecule has 2 heteroatoms. The summed E-state index contributed by atoms with van der Waals surface area (Å²) in [6, 6.07) is 52.6. The van der Waals surface area contributed by atoms with Crippen molar-refractivity contribution in [3.8, 4) is 33.8 Å². The number of rotatable bonds is 2. The smallest absolute Gasteiger partial charge is 0.132 e. The average Bonchev–Trinajstić information content (AvgIpc) is 3.10. The van der Waals surface area contributed by atoms with E-state index in [1.165, 1.54) is 33.4 Å². The Labute approximate surface area is 263 Å². The van der Waals surface area contributed by atoms with Crippen molar-refractivity contribution in [1.82, 2.24) is 4.98 Å². The Morgan fingerprint density at radius 1 is 0.467 bits per heavy atom. The Morgan fingerprint density at radius 3 is 1.84 bits per heavy atom. The molecule has 0 saturated carbocycles. The molecule has 2 nitrogen and oxygen atoms in total. The molecule has 6 aromatic carbocycles. The molecule has 0 radical (unpaired) electrons. The van der Waals surface area contributed by atoms with E-state index in [1.54, 1.807) is 0 Å². The van der Waals surface area contributed by atoms with E-state index in [2.05, 4.69) is 153 Å². The van der Waals surface area contributed by atoms with E-state index >= 15 is 0 Å². The number of benzene rings is 6. The van der Waals surface area contributed by atoms with Gasteiger partial charge in [0.15, 0.2) is 0 Å². The summed E-state index contributed by atoms with van der Waals surface area (Å²) in [6.45, 7) is 4.70. The Kier molecular flexibility index (Phi) is 5.49. The first-order valence-corrected chi connectivity index (χ1v) is 15.6. The van der Waals surface area contributed by atoms with E-state index in [-0.39, 0.29) is 5.41 Å². The minimum absolute atomic E-state index is 0.136. The van der Waals surface area contributed by atoms with Gasteiger partial charge in [-0.2, -0.15) is 0 Å². The Bertz CT molecular complexity index is 2240. The molecule has 7 aromatic rings. The zero-order chi connectivity index (χ0) is 30.2. The normalized spacial score (nSPS) is 15.0. The van der Waals surface area contributed by atoms with Crippen LogP contribution in [0.1, 0.15) is 47.2 Å². The van der Waals surface area contributed by atoms with E-state index < -0.39 is 5.41 Å². The number of aromatic nitrogens is 1. The van der Waals surface area contributed by atoms with Gasteiger partial charge in [-0.25, -0.2) is 0 Å². The number of hydrogen-bond acceptors (Lipinski definition) is 2. The van der Waals surface area contributed by atoms with Crippen LogP contribution < -0.4 is 4.74 Å². The van der Waals surface area contributed by atoms with Crippen molar-refractivity contribution < 1.29 is 4.74 Å². The van der Waals surface area contributed by atoms with Gasteiger partial charge in [0.1, 0.15) is 11.5 Å². The third kappa shape index (κ3) is 3.60. The molecule has 0 bridgehead atoms. The highest BCUT2D eigenvalue weighted by molar-refractivity contribution is 5.94. The third-order valence-electron chi connectivity index (χ3n) is 10.0. The molecular formula is C43H31NO. The lowest BCUT2D eigenvalue weighted by Crippen LogP contribution is -2.43. The molecule has 0 saturated heterocycles. The van der Waals surface area contributed by atoms with E-state index in [0.29, 0.717) is 0 Å². The fourth-order valence-electron chi connectivity index (χ4n) is 8.01. The van der Waals surface area contributed by atoms with Crippen LogP contribution >= 0.6 is 0 Å². The van der Waals surface area contributed by atoms with E-state index in [4.69, 9.17) is 9.72 Å². The summed E-state index contributed by atoms with van der Waals surface area (Å²) in [5.74, 6) is 1.80. The predicted molar refractivity (Wildman–Crippen MR) is 183 cm³/mol. The molecule has 0 amide bonds. The lowest BCUT2D eigenvalue weighted by Gasteiger charge is -2.50. The van der Waals surface area contributed by atoms with Crippen molar-refractivity contribution in [2.75, 3.05) is 0 Å². The molecule has 1 aliphatic carbocycles. The summed E-state index contributed by atoms with van der Waals surface area (Å²) in [5, 5.41) is 1.14. The molecule has 1 aliphatic heterocycles. The van der Waals surface area contributed by atoms with Crippen LogP contribution in [0.25, 0.3) is 33.2 Å². The van der Waals surface area contributed by atoms with Gasteiger partial charge < -0.3 is 4.74 Å². The van der Waals surface area contributed by atoms with Gasteiger partial charge >= 0.3 is 0 Å². The highest BCUT2D eigenvalue weighted by atomic mass is 16.5. The molecule has 0 fully saturated rings. The fraction of sp³-hybridized carbons (Fsp3) is 0.0930. The van der Waals surface area contributed by atoms with Gasteiger partial charge in [-0.3, -0.25) is 4.98 Å². The van der Waals surface area contributed by atoms with Gasteiger partial charge in [0, 0.05) is 33.7 Å². The minimum atomic E-state index is -0.498. The first-order chi connectivity index (χ1) is 22.1. The third-order valence-corrected chi connectivity index (χ3v) is 10.0. The van der Waals surface area contributed by atoms with Crippen molar-refractivity contribution in [1.29, 1.82) is 0 Å². The van der Waals surface area contributed by atoms with Gasteiger partial charge in [0.2, 0.25) is 0 Å². The van der Waals surface area contributed by atoms with Crippen LogP contribution in [0.4, 0.5) is 0 Å². The number of fused-ring (bicyclic) bond motifs is 9. The van der Waals surface area contributed by atoms with Gasteiger partial charge in [0.25, 0.3) is 0 Å². The Hall–Kier alpha value is -5.47. The van der Waals surface area contributed by atoms with Crippen LogP contribution in [0.3, 0.4) is 0 Å². The lowest BCUT2D eigenvalue weighted by atomic mass is 9.53. The second kappa shape index (κ2) is 9.51. The first-order valence-electron chi connectivity index (χ1n) is 15.6. The first kappa shape index (κ1) is 26.0. The molecule has 2 aliphatic rings. The number of pyridine rings is 1. The van der Waals surface area contributed by atoms with Crippen molar-refractivity contribution in [3.05, 3.63) is 185 Å². The summed E-state index contributed by atoms with van der Waals surface area (Å²) >= 11 is 0. The fourth-order valence-corrected chi connectivity index (χ4v) is 8.01. The van der Waals surface area contributed by atoms with Crippen molar-refractivity contribution in [2.24, 2.45) is 0 Å². The summed E-state index contributed by atoms with van der Waals surface area (Å²) in [7, 11) is 0. The van der Waals surface area contributed by atoms with Crippen molar-refractivity contribution >= 4 is 10.9 Å². The van der Waals surface area contributed by atoms with E-state index in [0.717, 1.165) is 44.7 Å². The molecule has 9 rings (SSSR count). The topological polar surface area (TPSA) is 22.1 Å². The second-order valence-corrected chi connectivity index (χ2v) is 12.7.